The van der Waals surface area contributed by atoms with Gasteiger partial charge in [-0.05, 0) is 79.8 Å². The van der Waals surface area contributed by atoms with Crippen molar-refractivity contribution in [2.45, 2.75) is 44.1 Å². The summed E-state index contributed by atoms with van der Waals surface area (Å²) in [7, 11) is 0. The molecule has 2 aliphatic heterocycles. The SMILES string of the molecule is OC(CN1CCC2(CC1)CCN(c1ccc(C3CC3)cc1)C2)c1ccccc1. The quantitative estimate of drug-likeness (QED) is 0.827. The number of aliphatic hydroxyl groups excluding tert-OH is 1. The van der Waals surface area contributed by atoms with Crippen LogP contribution in [-0.4, -0.2) is 42.7 Å². The summed E-state index contributed by atoms with van der Waals surface area (Å²) in [6, 6.07) is 19.5. The molecule has 2 saturated heterocycles. The summed E-state index contributed by atoms with van der Waals surface area (Å²) in [4.78, 5) is 5.06. The monoisotopic (exact) mass is 376 g/mol. The molecule has 1 N–H and O–H groups in total. The molecule has 3 aliphatic rings. The van der Waals surface area contributed by atoms with E-state index in [4.69, 9.17) is 0 Å². The molecule has 1 atom stereocenters. The lowest BCUT2D eigenvalue weighted by molar-refractivity contribution is 0.0651. The lowest BCUT2D eigenvalue weighted by Gasteiger charge is -2.40. The van der Waals surface area contributed by atoms with Gasteiger partial charge in [0.1, 0.15) is 0 Å². The largest absolute Gasteiger partial charge is 0.387 e. The van der Waals surface area contributed by atoms with Crippen LogP contribution in [-0.2, 0) is 0 Å². The van der Waals surface area contributed by atoms with E-state index in [1.165, 1.54) is 56.4 Å². The molecule has 3 fully saturated rings. The molecule has 0 aromatic heterocycles. The Morgan fingerprint density at radius 2 is 1.57 bits per heavy atom. The fraction of sp³-hybridized carbons (Fsp3) is 0.520. The van der Waals surface area contributed by atoms with Crippen molar-refractivity contribution in [2.75, 3.05) is 37.6 Å². The van der Waals surface area contributed by atoms with Crippen LogP contribution in [0.2, 0.25) is 0 Å². The van der Waals surface area contributed by atoms with E-state index in [2.05, 4.69) is 34.1 Å². The van der Waals surface area contributed by atoms with E-state index in [9.17, 15) is 5.11 Å². The third-order valence-electron chi connectivity index (χ3n) is 7.28. The Hall–Kier alpha value is -1.84. The second-order valence-electron chi connectivity index (χ2n) is 9.26. The molecule has 2 aromatic carbocycles. The van der Waals surface area contributed by atoms with Gasteiger partial charge in [-0.25, -0.2) is 0 Å². The Labute approximate surface area is 169 Å². The van der Waals surface area contributed by atoms with E-state index in [0.717, 1.165) is 31.1 Å². The molecule has 1 unspecified atom stereocenters. The first-order chi connectivity index (χ1) is 13.7. The Balaban J connectivity index is 1.15. The number of β-amino-alcohol motifs (C(OH)–C–C–N with tert-alkyl or cyclic N) is 1. The second kappa shape index (κ2) is 7.53. The molecule has 3 heteroatoms. The minimum Gasteiger partial charge on any atom is -0.387 e. The molecule has 28 heavy (non-hydrogen) atoms. The van der Waals surface area contributed by atoms with Crippen LogP contribution in [0.25, 0.3) is 0 Å². The van der Waals surface area contributed by atoms with Crippen molar-refractivity contribution in [3.63, 3.8) is 0 Å². The van der Waals surface area contributed by atoms with E-state index < -0.39 is 0 Å². The fourth-order valence-electron chi connectivity index (χ4n) is 5.17. The van der Waals surface area contributed by atoms with Crippen LogP contribution in [0.4, 0.5) is 5.69 Å². The first kappa shape index (κ1) is 18.2. The minimum absolute atomic E-state index is 0.375. The van der Waals surface area contributed by atoms with Gasteiger partial charge in [-0.15, -0.1) is 0 Å². The average Bonchev–Trinajstić information content (AvgIpc) is 3.52. The lowest BCUT2D eigenvalue weighted by Crippen LogP contribution is -2.43. The van der Waals surface area contributed by atoms with Gasteiger partial charge < -0.3 is 14.9 Å². The summed E-state index contributed by atoms with van der Waals surface area (Å²) in [5, 5.41) is 10.5. The standard InChI is InChI=1S/C25H32N2O/c28-24(22-4-2-1-3-5-22)18-26-15-12-25(13-16-26)14-17-27(19-25)23-10-8-21(9-11-23)20-6-7-20/h1-5,8-11,20,24,28H,6-7,12-19H2. The van der Waals surface area contributed by atoms with Crippen LogP contribution in [0.3, 0.4) is 0 Å². The fourth-order valence-corrected chi connectivity index (χ4v) is 5.17. The topological polar surface area (TPSA) is 26.7 Å². The van der Waals surface area contributed by atoms with Crippen LogP contribution in [0, 0.1) is 5.41 Å². The number of likely N-dealkylation sites (tertiary alicyclic amines) is 1. The number of rotatable bonds is 5. The van der Waals surface area contributed by atoms with Crippen LogP contribution in [0.1, 0.15) is 55.3 Å². The van der Waals surface area contributed by atoms with Crippen molar-refractivity contribution in [3.8, 4) is 0 Å². The molecule has 2 heterocycles. The zero-order valence-corrected chi connectivity index (χ0v) is 16.8. The van der Waals surface area contributed by atoms with E-state index in [0.29, 0.717) is 5.41 Å². The minimum atomic E-state index is -0.375. The second-order valence-corrected chi connectivity index (χ2v) is 9.26. The molecule has 5 rings (SSSR count). The van der Waals surface area contributed by atoms with E-state index >= 15 is 0 Å². The van der Waals surface area contributed by atoms with Crippen LogP contribution in [0.15, 0.2) is 54.6 Å². The highest BCUT2D eigenvalue weighted by Gasteiger charge is 2.40. The van der Waals surface area contributed by atoms with E-state index in [-0.39, 0.29) is 6.10 Å². The summed E-state index contributed by atoms with van der Waals surface area (Å²) < 4.78 is 0. The molecule has 0 amide bonds. The van der Waals surface area contributed by atoms with Gasteiger partial charge in [-0.2, -0.15) is 0 Å². The van der Waals surface area contributed by atoms with Crippen molar-refractivity contribution in [1.82, 2.24) is 4.90 Å². The Morgan fingerprint density at radius 1 is 0.893 bits per heavy atom. The lowest BCUT2D eigenvalue weighted by atomic mass is 9.77. The van der Waals surface area contributed by atoms with Crippen molar-refractivity contribution >= 4 is 5.69 Å². The summed E-state index contributed by atoms with van der Waals surface area (Å²) in [6.07, 6.45) is 6.20. The Morgan fingerprint density at radius 3 is 2.25 bits per heavy atom. The molecule has 0 radical (unpaired) electrons. The van der Waals surface area contributed by atoms with E-state index in [1.54, 1.807) is 0 Å². The van der Waals surface area contributed by atoms with Crippen molar-refractivity contribution in [2.24, 2.45) is 5.41 Å². The predicted molar refractivity (Wildman–Crippen MR) is 115 cm³/mol. The van der Waals surface area contributed by atoms with Gasteiger partial charge in [-0.1, -0.05) is 42.5 Å². The zero-order chi connectivity index (χ0) is 19.0. The van der Waals surface area contributed by atoms with Gasteiger partial charge in [0.25, 0.3) is 0 Å². The number of piperidine rings is 1. The molecule has 1 aliphatic carbocycles. The van der Waals surface area contributed by atoms with Crippen LogP contribution < -0.4 is 4.90 Å². The molecular weight excluding hydrogens is 344 g/mol. The highest BCUT2D eigenvalue weighted by molar-refractivity contribution is 5.50. The van der Waals surface area contributed by atoms with Gasteiger partial charge >= 0.3 is 0 Å². The maximum atomic E-state index is 10.5. The van der Waals surface area contributed by atoms with Gasteiger partial charge in [-0.3, -0.25) is 0 Å². The zero-order valence-electron chi connectivity index (χ0n) is 16.8. The van der Waals surface area contributed by atoms with Crippen molar-refractivity contribution in [3.05, 3.63) is 65.7 Å². The van der Waals surface area contributed by atoms with Gasteiger partial charge in [0.15, 0.2) is 0 Å². The first-order valence-electron chi connectivity index (χ1n) is 11.0. The van der Waals surface area contributed by atoms with E-state index in [1.807, 2.05) is 30.3 Å². The van der Waals surface area contributed by atoms with Crippen molar-refractivity contribution < 1.29 is 5.11 Å². The Bertz CT molecular complexity index is 776. The van der Waals surface area contributed by atoms with Gasteiger partial charge in [0.05, 0.1) is 6.10 Å². The number of nitrogens with zero attached hydrogens (tertiary/aromatic N) is 2. The number of hydrogen-bond acceptors (Lipinski definition) is 3. The summed E-state index contributed by atoms with van der Waals surface area (Å²) >= 11 is 0. The highest BCUT2D eigenvalue weighted by atomic mass is 16.3. The summed E-state index contributed by atoms with van der Waals surface area (Å²) in [5.74, 6) is 0.842. The Kier molecular flexibility index (Phi) is 4.90. The maximum Gasteiger partial charge on any atom is 0.0916 e. The third kappa shape index (κ3) is 3.83. The van der Waals surface area contributed by atoms with Gasteiger partial charge in [0.2, 0.25) is 0 Å². The highest BCUT2D eigenvalue weighted by Crippen LogP contribution is 2.43. The molecule has 1 spiro atoms. The molecule has 3 nitrogen and oxygen atoms in total. The first-order valence-corrected chi connectivity index (χ1v) is 11.0. The normalized spacial score (nSPS) is 23.2. The smallest absolute Gasteiger partial charge is 0.0916 e. The van der Waals surface area contributed by atoms with Crippen molar-refractivity contribution in [1.29, 1.82) is 0 Å². The number of hydrogen-bond donors (Lipinski definition) is 1. The molecule has 1 saturated carbocycles. The molecule has 2 aromatic rings. The summed E-state index contributed by atoms with van der Waals surface area (Å²) in [6.45, 7) is 5.36. The maximum absolute atomic E-state index is 10.5. The molecular formula is C25H32N2O. The van der Waals surface area contributed by atoms with Gasteiger partial charge in [0, 0.05) is 25.3 Å². The van der Waals surface area contributed by atoms with Crippen LogP contribution >= 0.6 is 0 Å². The summed E-state index contributed by atoms with van der Waals surface area (Å²) in [5.41, 5.74) is 4.44. The molecule has 148 valence electrons. The number of anilines is 1. The number of aliphatic hydroxyl groups is 1. The third-order valence-corrected chi connectivity index (χ3v) is 7.28. The number of benzene rings is 2. The molecule has 0 bridgehead atoms. The average molecular weight is 377 g/mol. The van der Waals surface area contributed by atoms with Crippen LogP contribution in [0.5, 0.6) is 0 Å². The predicted octanol–water partition coefficient (Wildman–Crippen LogP) is 4.59.